The highest BCUT2D eigenvalue weighted by molar-refractivity contribution is 9.11. The fourth-order valence-electron chi connectivity index (χ4n) is 1.52. The normalized spacial score (nSPS) is 10.6. The van der Waals surface area contributed by atoms with Crippen LogP contribution in [-0.2, 0) is 0 Å². The van der Waals surface area contributed by atoms with Crippen molar-refractivity contribution in [1.29, 1.82) is 0 Å². The van der Waals surface area contributed by atoms with Gasteiger partial charge >= 0.3 is 0 Å². The van der Waals surface area contributed by atoms with E-state index in [1.54, 1.807) is 6.07 Å². The van der Waals surface area contributed by atoms with Gasteiger partial charge in [-0.25, -0.2) is 8.78 Å². The molecule has 0 spiro atoms. The molecular weight excluding hydrogens is 336 g/mol. The van der Waals surface area contributed by atoms with E-state index in [0.29, 0.717) is 4.88 Å². The molecule has 1 aromatic carbocycles. The molecule has 2 aromatic rings. The van der Waals surface area contributed by atoms with Gasteiger partial charge in [-0.15, -0.1) is 11.3 Å². The number of aryl methyl sites for hydroxylation is 2. The highest BCUT2D eigenvalue weighted by atomic mass is 79.9. The van der Waals surface area contributed by atoms with Crippen LogP contribution in [0.1, 0.15) is 20.8 Å². The number of nitrogens with one attached hydrogen (secondary N) is 1. The Labute approximate surface area is 121 Å². The molecule has 2 rings (SSSR count). The van der Waals surface area contributed by atoms with Crippen molar-refractivity contribution in [1.82, 2.24) is 0 Å². The highest BCUT2D eigenvalue weighted by Gasteiger charge is 2.17. The Bertz CT molecular complexity index is 635. The van der Waals surface area contributed by atoms with Crippen molar-refractivity contribution >= 4 is 38.9 Å². The molecule has 1 amide bonds. The van der Waals surface area contributed by atoms with Crippen LogP contribution in [0.5, 0.6) is 0 Å². The minimum Gasteiger partial charge on any atom is -0.316 e. The van der Waals surface area contributed by atoms with Gasteiger partial charge in [0, 0.05) is 0 Å². The third kappa shape index (κ3) is 2.84. The summed E-state index contributed by atoms with van der Waals surface area (Å²) in [4.78, 5) is 12.3. The summed E-state index contributed by atoms with van der Waals surface area (Å²) in [5.74, 6) is -2.06. The largest absolute Gasteiger partial charge is 0.316 e. The SMILES string of the molecule is Cc1cc(C(=O)Nc2c(F)ccc(C)c2F)sc1Br. The summed E-state index contributed by atoms with van der Waals surface area (Å²) in [5, 5.41) is 2.28. The first-order valence-electron chi connectivity index (χ1n) is 5.42. The number of anilines is 1. The molecule has 1 heterocycles. The van der Waals surface area contributed by atoms with E-state index in [1.807, 2.05) is 6.92 Å². The minimum absolute atomic E-state index is 0.278. The van der Waals surface area contributed by atoms with E-state index < -0.39 is 23.2 Å². The van der Waals surface area contributed by atoms with E-state index >= 15 is 0 Å². The lowest BCUT2D eigenvalue weighted by atomic mass is 10.2. The first kappa shape index (κ1) is 14.1. The van der Waals surface area contributed by atoms with Crippen molar-refractivity contribution in [2.45, 2.75) is 13.8 Å². The molecular formula is C13H10BrF2NOS. The molecule has 0 unspecified atom stereocenters. The summed E-state index contributed by atoms with van der Waals surface area (Å²) >= 11 is 4.52. The van der Waals surface area contributed by atoms with E-state index in [0.717, 1.165) is 15.4 Å². The number of benzene rings is 1. The number of halogens is 3. The van der Waals surface area contributed by atoms with Gasteiger partial charge in [-0.1, -0.05) is 6.07 Å². The molecule has 0 aliphatic heterocycles. The second-order valence-corrected chi connectivity index (χ2v) is 6.44. The topological polar surface area (TPSA) is 29.1 Å². The van der Waals surface area contributed by atoms with Crippen LogP contribution in [0.3, 0.4) is 0 Å². The van der Waals surface area contributed by atoms with Crippen molar-refractivity contribution < 1.29 is 13.6 Å². The molecule has 6 heteroatoms. The van der Waals surface area contributed by atoms with Gasteiger partial charge in [-0.3, -0.25) is 4.79 Å². The molecule has 0 atom stereocenters. The first-order chi connectivity index (χ1) is 8.90. The summed E-state index contributed by atoms with van der Waals surface area (Å²) in [5.41, 5.74) is 0.771. The van der Waals surface area contributed by atoms with Gasteiger partial charge < -0.3 is 5.32 Å². The van der Waals surface area contributed by atoms with Crippen LogP contribution in [0.2, 0.25) is 0 Å². The minimum atomic E-state index is -0.788. The molecule has 100 valence electrons. The second-order valence-electron chi connectivity index (χ2n) is 4.07. The zero-order valence-electron chi connectivity index (χ0n) is 10.2. The van der Waals surface area contributed by atoms with E-state index in [-0.39, 0.29) is 5.56 Å². The fraction of sp³-hybridized carbons (Fsp3) is 0.154. The van der Waals surface area contributed by atoms with Crippen LogP contribution in [-0.4, -0.2) is 5.91 Å². The average Bonchev–Trinajstić information content (AvgIpc) is 2.70. The summed E-state index contributed by atoms with van der Waals surface area (Å²) in [6, 6.07) is 4.12. The first-order valence-corrected chi connectivity index (χ1v) is 7.03. The van der Waals surface area contributed by atoms with Gasteiger partial charge in [0.15, 0.2) is 5.82 Å². The van der Waals surface area contributed by atoms with Gasteiger partial charge in [0.1, 0.15) is 11.5 Å². The van der Waals surface area contributed by atoms with Crippen molar-refractivity contribution in [3.8, 4) is 0 Å². The van der Waals surface area contributed by atoms with Gasteiger partial charge in [0.05, 0.1) is 8.66 Å². The van der Waals surface area contributed by atoms with Gasteiger partial charge in [0.2, 0.25) is 0 Å². The van der Waals surface area contributed by atoms with Gasteiger partial charge in [-0.2, -0.15) is 0 Å². The average molecular weight is 346 g/mol. The third-order valence-corrected chi connectivity index (χ3v) is 4.74. The lowest BCUT2D eigenvalue weighted by Gasteiger charge is -2.08. The maximum atomic E-state index is 13.8. The Balaban J connectivity index is 2.31. The monoisotopic (exact) mass is 345 g/mol. The van der Waals surface area contributed by atoms with Crippen LogP contribution < -0.4 is 5.32 Å². The molecule has 1 N–H and O–H groups in total. The number of hydrogen-bond acceptors (Lipinski definition) is 2. The number of thiophene rings is 1. The molecule has 19 heavy (non-hydrogen) atoms. The lowest BCUT2D eigenvalue weighted by Crippen LogP contribution is -2.13. The summed E-state index contributed by atoms with van der Waals surface area (Å²) in [6.45, 7) is 3.35. The maximum Gasteiger partial charge on any atom is 0.265 e. The zero-order valence-corrected chi connectivity index (χ0v) is 12.6. The molecule has 0 fully saturated rings. The van der Waals surface area contributed by atoms with Crippen LogP contribution in [0, 0.1) is 25.5 Å². The lowest BCUT2D eigenvalue weighted by molar-refractivity contribution is 0.102. The molecule has 2 nitrogen and oxygen atoms in total. The van der Waals surface area contributed by atoms with Crippen molar-refractivity contribution in [2.24, 2.45) is 0 Å². The van der Waals surface area contributed by atoms with Crippen LogP contribution in [0.4, 0.5) is 14.5 Å². The van der Waals surface area contributed by atoms with Crippen molar-refractivity contribution in [3.05, 3.63) is 49.6 Å². The zero-order chi connectivity index (χ0) is 14.2. The maximum absolute atomic E-state index is 13.8. The summed E-state index contributed by atoms with van der Waals surface area (Å²) < 4.78 is 28.1. The highest BCUT2D eigenvalue weighted by Crippen LogP contribution is 2.29. The van der Waals surface area contributed by atoms with E-state index in [2.05, 4.69) is 21.2 Å². The van der Waals surface area contributed by atoms with E-state index in [1.165, 1.54) is 24.3 Å². The second kappa shape index (κ2) is 5.38. The number of rotatable bonds is 2. The Morgan fingerprint density at radius 3 is 2.53 bits per heavy atom. The van der Waals surface area contributed by atoms with Gasteiger partial charge in [-0.05, 0) is 53.0 Å². The molecule has 1 aromatic heterocycles. The summed E-state index contributed by atoms with van der Waals surface area (Å²) in [7, 11) is 0. The molecule has 0 saturated heterocycles. The fourth-order valence-corrected chi connectivity index (χ4v) is 2.95. The quantitative estimate of drug-likeness (QED) is 0.842. The Morgan fingerprint density at radius 2 is 1.95 bits per heavy atom. The predicted octanol–water partition coefficient (Wildman–Crippen LogP) is 4.66. The predicted molar refractivity (Wildman–Crippen MR) is 75.8 cm³/mol. The molecule has 0 bridgehead atoms. The molecule has 0 aliphatic rings. The Hall–Kier alpha value is -1.27. The van der Waals surface area contributed by atoms with Crippen molar-refractivity contribution in [2.75, 3.05) is 5.32 Å². The standard InChI is InChI=1S/C13H10BrF2NOS/c1-6-3-4-8(15)11(10(6)16)17-13(18)9-5-7(2)12(14)19-9/h3-5H,1-2H3,(H,17,18). The molecule has 0 saturated carbocycles. The summed E-state index contributed by atoms with van der Waals surface area (Å²) in [6.07, 6.45) is 0. The van der Waals surface area contributed by atoms with Crippen LogP contribution in [0.15, 0.2) is 22.0 Å². The molecule has 0 aliphatic carbocycles. The van der Waals surface area contributed by atoms with E-state index in [4.69, 9.17) is 0 Å². The molecule has 0 radical (unpaired) electrons. The third-order valence-electron chi connectivity index (χ3n) is 2.60. The Kier molecular flexibility index (Phi) is 4.01. The van der Waals surface area contributed by atoms with Gasteiger partial charge in [0.25, 0.3) is 5.91 Å². The number of amides is 1. The van der Waals surface area contributed by atoms with Crippen LogP contribution in [0.25, 0.3) is 0 Å². The smallest absolute Gasteiger partial charge is 0.265 e. The Morgan fingerprint density at radius 1 is 1.26 bits per heavy atom. The number of carbonyl (C=O) groups is 1. The number of carbonyl (C=O) groups excluding carboxylic acids is 1. The van der Waals surface area contributed by atoms with Crippen molar-refractivity contribution in [3.63, 3.8) is 0 Å². The number of hydrogen-bond donors (Lipinski definition) is 1. The van der Waals surface area contributed by atoms with Crippen LogP contribution >= 0.6 is 27.3 Å². The van der Waals surface area contributed by atoms with E-state index in [9.17, 15) is 13.6 Å².